The van der Waals surface area contributed by atoms with Crippen LogP contribution >= 0.6 is 0 Å². The summed E-state index contributed by atoms with van der Waals surface area (Å²) >= 11 is 0. The molecule has 15 atom stereocenters. The SMILES string of the molecule is CO[C@H]1C[C@@H]2CC[C@@H](C)[C@@](O)(O2)C(=O)C(=O)N2CCCC[C@H]2C(=O)O[C@H]([C@H](C)CC2CC[C@H](OC(=O)NCc3ccccn3)[C@@H](OC)C2)CC(=O)[C@H](C)/C=C(\C)[C@@H](O)[C@@H](OC)C(=O)[C@H](C)C[C@H](C)/C=C/C=C/C=C/1C. The van der Waals surface area contributed by atoms with Crippen molar-refractivity contribution in [2.75, 3.05) is 27.9 Å². The van der Waals surface area contributed by atoms with Gasteiger partial charge in [0.2, 0.25) is 5.79 Å². The first-order valence-corrected chi connectivity index (χ1v) is 27.0. The summed E-state index contributed by atoms with van der Waals surface area (Å²) in [6, 6.07) is 4.24. The number of methoxy groups -OCH3 is 3. The van der Waals surface area contributed by atoms with Gasteiger partial charge in [-0.1, -0.05) is 77.1 Å². The molecular weight excluding hydrogens is 963 g/mol. The van der Waals surface area contributed by atoms with E-state index in [0.29, 0.717) is 75.5 Å². The van der Waals surface area contributed by atoms with E-state index in [0.717, 1.165) is 5.57 Å². The van der Waals surface area contributed by atoms with E-state index in [1.165, 1.54) is 12.0 Å². The zero-order valence-corrected chi connectivity index (χ0v) is 45.9. The third kappa shape index (κ3) is 16.8. The number of aromatic nitrogens is 1. The van der Waals surface area contributed by atoms with Gasteiger partial charge in [0.1, 0.15) is 36.2 Å². The minimum Gasteiger partial charge on any atom is -0.460 e. The summed E-state index contributed by atoms with van der Waals surface area (Å²) in [5.74, 6) is -8.36. The average Bonchev–Trinajstić information content (AvgIpc) is 3.40. The lowest BCUT2D eigenvalue weighted by molar-refractivity contribution is -0.265. The molecule has 3 aliphatic heterocycles. The Balaban J connectivity index is 1.42. The van der Waals surface area contributed by atoms with Crippen molar-refractivity contribution in [3.8, 4) is 0 Å². The molecule has 2 saturated heterocycles. The highest BCUT2D eigenvalue weighted by Gasteiger charge is 2.53. The molecule has 1 aliphatic carbocycles. The molecule has 17 heteroatoms. The van der Waals surface area contributed by atoms with Crippen LogP contribution in [0.3, 0.4) is 0 Å². The van der Waals surface area contributed by atoms with Crippen molar-refractivity contribution in [2.45, 2.75) is 187 Å². The molecule has 0 aromatic carbocycles. The van der Waals surface area contributed by atoms with Gasteiger partial charge in [0.15, 0.2) is 5.78 Å². The average molecular weight is 1050 g/mol. The van der Waals surface area contributed by atoms with E-state index in [4.69, 9.17) is 28.4 Å². The second-order valence-corrected chi connectivity index (χ2v) is 21.6. The zero-order valence-electron chi connectivity index (χ0n) is 45.9. The maximum atomic E-state index is 14.6. The molecule has 3 fully saturated rings. The molecule has 17 nitrogen and oxygen atoms in total. The summed E-state index contributed by atoms with van der Waals surface area (Å²) in [7, 11) is 4.51. The normalized spacial score (nSPS) is 36.4. The monoisotopic (exact) mass is 1050 g/mol. The van der Waals surface area contributed by atoms with Crippen molar-refractivity contribution >= 4 is 35.3 Å². The number of ether oxygens (including phenoxy) is 6. The predicted molar refractivity (Wildman–Crippen MR) is 280 cm³/mol. The Morgan fingerprint density at radius 2 is 1.65 bits per heavy atom. The fraction of sp³-hybridized carbons (Fsp3) is 0.672. The highest BCUT2D eigenvalue weighted by molar-refractivity contribution is 6.39. The summed E-state index contributed by atoms with van der Waals surface area (Å²) in [5.41, 5.74) is 1.92. The van der Waals surface area contributed by atoms with E-state index >= 15 is 0 Å². The van der Waals surface area contributed by atoms with Crippen molar-refractivity contribution in [2.24, 2.45) is 35.5 Å². The molecule has 4 aliphatic rings. The van der Waals surface area contributed by atoms with Crippen molar-refractivity contribution in [1.82, 2.24) is 15.2 Å². The second kappa shape index (κ2) is 29.0. The third-order valence-electron chi connectivity index (χ3n) is 15.9. The van der Waals surface area contributed by atoms with Gasteiger partial charge >= 0.3 is 12.1 Å². The van der Waals surface area contributed by atoms with Gasteiger partial charge in [0.05, 0.1) is 30.6 Å². The first-order chi connectivity index (χ1) is 35.7. The third-order valence-corrected chi connectivity index (χ3v) is 15.9. The van der Waals surface area contributed by atoms with Gasteiger partial charge in [-0.2, -0.15) is 0 Å². The second-order valence-electron chi connectivity index (χ2n) is 21.6. The minimum absolute atomic E-state index is 0.00176. The number of amides is 2. The summed E-state index contributed by atoms with van der Waals surface area (Å²) < 4.78 is 35.6. The molecule has 1 aromatic heterocycles. The Hall–Kier alpha value is -4.91. The van der Waals surface area contributed by atoms with Crippen LogP contribution < -0.4 is 5.32 Å². The number of Topliss-reactive ketones (excluding diaryl/α,β-unsaturated/α-hetero) is 3. The predicted octanol–water partition coefficient (Wildman–Crippen LogP) is 7.51. The highest BCUT2D eigenvalue weighted by atomic mass is 16.6. The number of hydrogen-bond acceptors (Lipinski definition) is 15. The summed E-state index contributed by atoms with van der Waals surface area (Å²) in [4.78, 5) is 89.7. The lowest BCUT2D eigenvalue weighted by atomic mass is 9.78. The maximum absolute atomic E-state index is 14.6. The zero-order chi connectivity index (χ0) is 55.0. The number of aliphatic hydroxyl groups is 2. The van der Waals surface area contributed by atoms with Gasteiger partial charge in [0.25, 0.3) is 11.7 Å². The summed E-state index contributed by atoms with van der Waals surface area (Å²) in [6.07, 6.45) is 11.6. The molecule has 0 radical (unpaired) electrons. The van der Waals surface area contributed by atoms with Crippen LogP contribution in [0.15, 0.2) is 72.0 Å². The van der Waals surface area contributed by atoms with Crippen molar-refractivity contribution in [3.05, 3.63) is 77.7 Å². The maximum Gasteiger partial charge on any atom is 0.407 e. The number of pyridine rings is 1. The van der Waals surface area contributed by atoms with E-state index < -0.39 is 102 Å². The molecule has 0 spiro atoms. The van der Waals surface area contributed by atoms with Gasteiger partial charge in [-0.25, -0.2) is 9.59 Å². The van der Waals surface area contributed by atoms with Crippen LogP contribution in [0.2, 0.25) is 0 Å². The van der Waals surface area contributed by atoms with Crippen molar-refractivity contribution in [3.63, 3.8) is 0 Å². The van der Waals surface area contributed by atoms with Gasteiger partial charge < -0.3 is 48.9 Å². The number of carbonyl (C=O) groups excluding carboxylic acids is 6. The molecule has 3 N–H and O–H groups in total. The highest BCUT2D eigenvalue weighted by Crippen LogP contribution is 2.38. The molecule has 4 heterocycles. The molecule has 1 unspecified atom stereocenters. The first-order valence-electron chi connectivity index (χ1n) is 27.0. The number of esters is 1. The number of nitrogens with one attached hydrogen (secondary N) is 1. The Morgan fingerprint density at radius 3 is 2.35 bits per heavy atom. The molecule has 1 aromatic rings. The number of ketones is 3. The molecule has 5 rings (SSSR count). The first kappa shape index (κ1) is 60.9. The molecule has 1 saturated carbocycles. The number of alkyl carbamates (subject to hydrolysis) is 1. The van der Waals surface area contributed by atoms with Crippen LogP contribution in [-0.4, -0.2) is 138 Å². The molecular formula is C58H85N3O14. The lowest BCUT2D eigenvalue weighted by Gasteiger charge is -2.42. The minimum atomic E-state index is -2.46. The Kier molecular flexibility index (Phi) is 23.6. The number of allylic oxidation sites excluding steroid dienone is 6. The standard InChI is InChI=1S/C58H85N3O14/c1-35-18-12-11-13-19-36(2)48(70-8)32-44-24-22-41(7)58(69,75-44)54(65)55(66)61-27-17-15-21-45(61)56(67)73-49(33-46(62)37(3)29-40(6)52(64)53(72-10)51(63)39(5)28-35)38(4)30-42-23-25-47(50(31-42)71-9)74-57(68)60-34-43-20-14-16-26-59-43/h11-14,16,18-20,26,29,35,37-39,41-42,44-45,47-50,52-53,64,69H,15,17,21-25,27-28,30-34H2,1-10H3,(H,60,68)/b13-11+,18-12+,36-19+,40-29+/t35-,37-,38-,39-,41-,42?,44+,45+,47+,48+,49+,50+,52-,53+,58-/m1/s1. The Bertz CT molecular complexity index is 2210. The fourth-order valence-corrected chi connectivity index (χ4v) is 11.1. The number of fused-ring (bicyclic) bond motifs is 3. The smallest absolute Gasteiger partial charge is 0.407 e. The largest absolute Gasteiger partial charge is 0.460 e. The molecule has 2 amide bonds. The van der Waals surface area contributed by atoms with Gasteiger partial charge in [-0.3, -0.25) is 24.2 Å². The van der Waals surface area contributed by atoms with E-state index in [1.54, 1.807) is 59.4 Å². The van der Waals surface area contributed by atoms with Crippen molar-refractivity contribution in [1.29, 1.82) is 0 Å². The number of aliphatic hydroxyl groups excluding tert-OH is 1. The van der Waals surface area contributed by atoms with Gasteiger partial charge in [0, 0.05) is 64.7 Å². The number of rotatable bonds is 9. The van der Waals surface area contributed by atoms with E-state index in [2.05, 4.69) is 10.3 Å². The molecule has 75 heavy (non-hydrogen) atoms. The lowest BCUT2D eigenvalue weighted by Crippen LogP contribution is -2.61. The van der Waals surface area contributed by atoms with Crippen LogP contribution in [-0.2, 0) is 58.9 Å². The van der Waals surface area contributed by atoms with Crippen molar-refractivity contribution < 1.29 is 67.4 Å². The number of piperidine rings is 1. The Morgan fingerprint density at radius 1 is 0.893 bits per heavy atom. The van der Waals surface area contributed by atoms with Crippen LogP contribution in [0.4, 0.5) is 4.79 Å². The summed E-state index contributed by atoms with van der Waals surface area (Å²) in [6.45, 7) is 12.9. The van der Waals surface area contributed by atoms with Crippen LogP contribution in [0.25, 0.3) is 0 Å². The van der Waals surface area contributed by atoms with E-state index in [9.17, 15) is 39.0 Å². The number of nitrogens with zero attached hydrogens (tertiary/aromatic N) is 2. The fourth-order valence-electron chi connectivity index (χ4n) is 11.1. The summed E-state index contributed by atoms with van der Waals surface area (Å²) in [5, 5.41) is 26.3. The topological polar surface area (TPSA) is 226 Å². The van der Waals surface area contributed by atoms with Crippen LogP contribution in [0, 0.1) is 35.5 Å². The van der Waals surface area contributed by atoms with Gasteiger partial charge in [-0.05, 0) is 119 Å². The number of hydrogen-bond donors (Lipinski definition) is 3. The van der Waals surface area contributed by atoms with Crippen LogP contribution in [0.5, 0.6) is 0 Å². The molecule has 416 valence electrons. The van der Waals surface area contributed by atoms with E-state index in [-0.39, 0.29) is 49.3 Å². The molecule has 2 bridgehead atoms. The quantitative estimate of drug-likeness (QED) is 0.124. The van der Waals surface area contributed by atoms with Crippen LogP contribution in [0.1, 0.15) is 131 Å². The Labute approximate surface area is 444 Å². The number of cyclic esters (lactones) is 1. The number of carbonyl (C=O) groups is 6. The van der Waals surface area contributed by atoms with Gasteiger partial charge in [-0.15, -0.1) is 0 Å². The van der Waals surface area contributed by atoms with E-state index in [1.807, 2.05) is 64.1 Å².